The van der Waals surface area contributed by atoms with E-state index < -0.39 is 0 Å². The number of benzene rings is 1. The minimum Gasteiger partial charge on any atom is -0.353 e. The monoisotopic (exact) mass is 379 g/mol. The number of nitrogens with one attached hydrogen (secondary N) is 1. The van der Waals surface area contributed by atoms with Crippen LogP contribution in [0.4, 0.5) is 11.5 Å². The molecular weight excluding hydrogens is 358 g/mol. The fraction of sp³-hybridized carbons (Fsp3) is 0.316. The van der Waals surface area contributed by atoms with Crippen LogP contribution in [0, 0.1) is 6.92 Å². The molecule has 0 unspecified atom stereocenters. The highest BCUT2D eigenvalue weighted by Gasteiger charge is 2.23. The van der Waals surface area contributed by atoms with Crippen molar-refractivity contribution in [1.29, 1.82) is 0 Å². The Bertz CT molecular complexity index is 1040. The molecule has 1 aliphatic rings. The molecule has 0 bridgehead atoms. The van der Waals surface area contributed by atoms with Gasteiger partial charge in [-0.05, 0) is 25.1 Å². The Morgan fingerprint density at radius 1 is 1.11 bits per heavy atom. The zero-order chi connectivity index (χ0) is 19.7. The van der Waals surface area contributed by atoms with E-state index in [9.17, 15) is 9.59 Å². The first-order chi connectivity index (χ1) is 13.5. The second kappa shape index (κ2) is 7.26. The minimum absolute atomic E-state index is 0.0381. The molecule has 1 aromatic carbocycles. The van der Waals surface area contributed by atoms with Crippen LogP contribution in [0.2, 0.25) is 0 Å². The summed E-state index contributed by atoms with van der Waals surface area (Å²) >= 11 is 0. The number of rotatable bonds is 3. The molecule has 2 amide bonds. The number of aromatic nitrogens is 4. The van der Waals surface area contributed by atoms with Gasteiger partial charge in [-0.2, -0.15) is 4.98 Å². The van der Waals surface area contributed by atoms with Crippen LogP contribution in [-0.4, -0.2) is 62.5 Å². The van der Waals surface area contributed by atoms with E-state index in [-0.39, 0.29) is 11.8 Å². The predicted octanol–water partition coefficient (Wildman–Crippen LogP) is 1.35. The number of anilines is 2. The lowest BCUT2D eigenvalue weighted by atomic mass is 10.1. The number of hydrogen-bond donors (Lipinski definition) is 1. The molecule has 0 aliphatic carbocycles. The van der Waals surface area contributed by atoms with Crippen LogP contribution in [-0.2, 0) is 4.79 Å². The third kappa shape index (κ3) is 3.51. The third-order valence-electron chi connectivity index (χ3n) is 4.78. The lowest BCUT2D eigenvalue weighted by Gasteiger charge is -2.35. The van der Waals surface area contributed by atoms with Crippen LogP contribution in [0.3, 0.4) is 0 Å². The number of hydrogen-bond acceptors (Lipinski definition) is 6. The van der Waals surface area contributed by atoms with E-state index in [0.29, 0.717) is 43.2 Å². The van der Waals surface area contributed by atoms with Gasteiger partial charge < -0.3 is 15.1 Å². The summed E-state index contributed by atoms with van der Waals surface area (Å²) in [6.45, 7) is 6.01. The first-order valence-corrected chi connectivity index (χ1v) is 9.10. The molecule has 0 spiro atoms. The summed E-state index contributed by atoms with van der Waals surface area (Å²) in [4.78, 5) is 32.6. The van der Waals surface area contributed by atoms with E-state index in [4.69, 9.17) is 0 Å². The quantitative estimate of drug-likeness (QED) is 0.738. The van der Waals surface area contributed by atoms with Crippen molar-refractivity contribution in [3.8, 4) is 0 Å². The Morgan fingerprint density at radius 2 is 1.89 bits per heavy atom. The number of fused-ring (bicyclic) bond motifs is 1. The zero-order valence-electron chi connectivity index (χ0n) is 15.8. The Morgan fingerprint density at radius 3 is 2.64 bits per heavy atom. The third-order valence-corrected chi connectivity index (χ3v) is 4.78. The highest BCUT2D eigenvalue weighted by Crippen LogP contribution is 2.19. The van der Waals surface area contributed by atoms with Crippen molar-refractivity contribution in [2.45, 2.75) is 13.8 Å². The Labute approximate surface area is 162 Å². The van der Waals surface area contributed by atoms with Gasteiger partial charge in [-0.15, -0.1) is 10.2 Å². The molecule has 2 aromatic heterocycles. The second-order valence-corrected chi connectivity index (χ2v) is 6.80. The Kier molecular flexibility index (Phi) is 4.64. The molecule has 3 heterocycles. The molecule has 0 atom stereocenters. The Balaban J connectivity index is 1.44. The lowest BCUT2D eigenvalue weighted by molar-refractivity contribution is -0.114. The normalized spacial score (nSPS) is 14.4. The zero-order valence-corrected chi connectivity index (χ0v) is 15.8. The smallest absolute Gasteiger partial charge is 0.256 e. The largest absolute Gasteiger partial charge is 0.353 e. The molecule has 1 aliphatic heterocycles. The lowest BCUT2D eigenvalue weighted by Crippen LogP contribution is -2.49. The maximum atomic E-state index is 12.8. The second-order valence-electron chi connectivity index (χ2n) is 6.80. The summed E-state index contributed by atoms with van der Waals surface area (Å²) in [6.07, 6.45) is 1.65. The topological polar surface area (TPSA) is 95.7 Å². The minimum atomic E-state index is -0.161. The number of piperazine rings is 1. The van der Waals surface area contributed by atoms with Crippen LogP contribution in [0.15, 0.2) is 36.7 Å². The van der Waals surface area contributed by atoms with Gasteiger partial charge in [-0.25, -0.2) is 0 Å². The van der Waals surface area contributed by atoms with Crippen LogP contribution in [0.25, 0.3) is 5.78 Å². The molecule has 1 saturated heterocycles. The van der Waals surface area contributed by atoms with Gasteiger partial charge in [0.25, 0.3) is 11.7 Å². The average Bonchev–Trinajstić information content (AvgIpc) is 3.16. The maximum Gasteiger partial charge on any atom is 0.256 e. The van der Waals surface area contributed by atoms with Gasteiger partial charge in [0.2, 0.25) is 5.91 Å². The molecule has 28 heavy (non-hydrogen) atoms. The summed E-state index contributed by atoms with van der Waals surface area (Å²) in [7, 11) is 0. The predicted molar refractivity (Wildman–Crippen MR) is 104 cm³/mol. The van der Waals surface area contributed by atoms with Gasteiger partial charge in [0, 0.05) is 56.1 Å². The fourth-order valence-corrected chi connectivity index (χ4v) is 3.36. The molecule has 4 rings (SSSR count). The molecule has 3 aromatic rings. The Hall–Kier alpha value is -3.49. The van der Waals surface area contributed by atoms with Crippen molar-refractivity contribution in [1.82, 2.24) is 24.5 Å². The van der Waals surface area contributed by atoms with Crippen molar-refractivity contribution < 1.29 is 9.59 Å². The number of carbonyl (C=O) groups is 2. The number of aryl methyl sites for hydroxylation is 1. The summed E-state index contributed by atoms with van der Waals surface area (Å²) in [5, 5.41) is 10.6. The maximum absolute atomic E-state index is 12.8. The number of carbonyl (C=O) groups excluding carboxylic acids is 2. The fourth-order valence-electron chi connectivity index (χ4n) is 3.36. The van der Waals surface area contributed by atoms with Gasteiger partial charge in [0.1, 0.15) is 12.1 Å². The number of nitrogens with zero attached hydrogens (tertiary/aromatic N) is 6. The van der Waals surface area contributed by atoms with Gasteiger partial charge in [0.15, 0.2) is 0 Å². The average molecular weight is 379 g/mol. The molecule has 0 saturated carbocycles. The van der Waals surface area contributed by atoms with E-state index in [1.807, 2.05) is 22.3 Å². The molecule has 9 nitrogen and oxygen atoms in total. The van der Waals surface area contributed by atoms with Crippen molar-refractivity contribution in [2.75, 3.05) is 36.4 Å². The SMILES string of the molecule is CC(=O)Nc1cccc(C(=O)N2CCN(c3cc(C)n4cnnc4n3)CC2)c1. The van der Waals surface area contributed by atoms with E-state index in [1.165, 1.54) is 6.92 Å². The van der Waals surface area contributed by atoms with Gasteiger partial charge in [0.05, 0.1) is 0 Å². The highest BCUT2D eigenvalue weighted by molar-refractivity contribution is 5.97. The molecule has 1 fully saturated rings. The van der Waals surface area contributed by atoms with Crippen LogP contribution < -0.4 is 10.2 Å². The van der Waals surface area contributed by atoms with Gasteiger partial charge >= 0.3 is 0 Å². The number of amides is 2. The molecule has 0 radical (unpaired) electrons. The van der Waals surface area contributed by atoms with Crippen LogP contribution in [0.1, 0.15) is 23.0 Å². The summed E-state index contributed by atoms with van der Waals surface area (Å²) in [5.74, 6) is 1.22. The standard InChI is InChI=1S/C19H21N7O2/c1-13-10-17(22-19-23-20-12-26(13)19)24-6-8-25(9-7-24)18(28)15-4-3-5-16(11-15)21-14(2)27/h3-5,10-12H,6-9H2,1-2H3,(H,21,27). The summed E-state index contributed by atoms with van der Waals surface area (Å²) in [6, 6.07) is 9.02. The van der Waals surface area contributed by atoms with E-state index in [1.54, 1.807) is 30.6 Å². The van der Waals surface area contributed by atoms with Crippen molar-refractivity contribution >= 4 is 29.1 Å². The van der Waals surface area contributed by atoms with Crippen molar-refractivity contribution in [3.05, 3.63) is 47.9 Å². The molecule has 9 heteroatoms. The van der Waals surface area contributed by atoms with E-state index in [0.717, 1.165) is 11.5 Å². The highest BCUT2D eigenvalue weighted by atomic mass is 16.2. The first kappa shape index (κ1) is 17.9. The summed E-state index contributed by atoms with van der Waals surface area (Å²) in [5.41, 5.74) is 2.20. The van der Waals surface area contributed by atoms with E-state index >= 15 is 0 Å². The van der Waals surface area contributed by atoms with Crippen molar-refractivity contribution in [2.24, 2.45) is 0 Å². The van der Waals surface area contributed by atoms with E-state index in [2.05, 4.69) is 25.4 Å². The van der Waals surface area contributed by atoms with Crippen LogP contribution in [0.5, 0.6) is 0 Å². The van der Waals surface area contributed by atoms with Crippen molar-refractivity contribution in [3.63, 3.8) is 0 Å². The molecular formula is C19H21N7O2. The molecule has 1 N–H and O–H groups in total. The summed E-state index contributed by atoms with van der Waals surface area (Å²) < 4.78 is 1.84. The van der Waals surface area contributed by atoms with Gasteiger partial charge in [-0.3, -0.25) is 14.0 Å². The van der Waals surface area contributed by atoms with Gasteiger partial charge in [-0.1, -0.05) is 6.07 Å². The molecule has 144 valence electrons. The first-order valence-electron chi connectivity index (χ1n) is 9.10. The van der Waals surface area contributed by atoms with Crippen LogP contribution >= 0.6 is 0 Å².